The van der Waals surface area contributed by atoms with Crippen molar-refractivity contribution < 1.29 is 9.53 Å². The predicted octanol–water partition coefficient (Wildman–Crippen LogP) is 3.13. The summed E-state index contributed by atoms with van der Waals surface area (Å²) < 4.78 is 5.20. The Kier molecular flexibility index (Phi) is 4.77. The third-order valence-electron chi connectivity index (χ3n) is 2.34. The molecule has 1 aromatic rings. The van der Waals surface area contributed by atoms with E-state index >= 15 is 0 Å². The third kappa shape index (κ3) is 4.30. The summed E-state index contributed by atoms with van der Waals surface area (Å²) in [5.74, 6) is -0.305. The van der Waals surface area contributed by atoms with Crippen LogP contribution in [0.15, 0.2) is 42.5 Å². The molecule has 2 nitrogen and oxygen atoms in total. The van der Waals surface area contributed by atoms with Crippen LogP contribution in [0.2, 0.25) is 0 Å². The fraction of sp³-hybridized carbons (Fsp3) is 0.357. The van der Waals surface area contributed by atoms with E-state index in [2.05, 4.69) is 18.7 Å². The highest BCUT2D eigenvalue weighted by atomic mass is 16.5. The van der Waals surface area contributed by atoms with Gasteiger partial charge in [0.1, 0.15) is 0 Å². The molecule has 16 heavy (non-hydrogen) atoms. The van der Waals surface area contributed by atoms with E-state index in [1.165, 1.54) is 5.56 Å². The predicted molar refractivity (Wildman–Crippen MR) is 65.1 cm³/mol. The zero-order valence-corrected chi connectivity index (χ0v) is 9.90. The lowest BCUT2D eigenvalue weighted by Gasteiger charge is -2.12. The molecule has 1 atom stereocenters. The van der Waals surface area contributed by atoms with E-state index < -0.39 is 0 Å². The number of carbonyl (C=O) groups excluding carboxylic acids is 1. The van der Waals surface area contributed by atoms with Crippen LogP contribution in [0.3, 0.4) is 0 Å². The Hall–Kier alpha value is -1.57. The second-order valence-electron chi connectivity index (χ2n) is 4.02. The van der Waals surface area contributed by atoms with Crippen molar-refractivity contribution in [1.29, 1.82) is 0 Å². The van der Waals surface area contributed by atoms with E-state index in [1.807, 2.05) is 25.1 Å². The summed E-state index contributed by atoms with van der Waals surface area (Å²) >= 11 is 0. The molecule has 0 saturated carbocycles. The Bertz CT molecular complexity index is 354. The fourth-order valence-corrected chi connectivity index (χ4v) is 1.36. The van der Waals surface area contributed by atoms with E-state index in [-0.39, 0.29) is 12.1 Å². The lowest BCUT2D eigenvalue weighted by Crippen LogP contribution is -2.15. The lowest BCUT2D eigenvalue weighted by atomic mass is 10.1. The second-order valence-corrected chi connectivity index (χ2v) is 4.02. The number of esters is 1. The smallest absolute Gasteiger partial charge is 0.333 e. The molecule has 2 heteroatoms. The van der Waals surface area contributed by atoms with Gasteiger partial charge in [0.15, 0.2) is 0 Å². The first-order valence-corrected chi connectivity index (χ1v) is 5.50. The molecule has 0 heterocycles. The lowest BCUT2D eigenvalue weighted by molar-refractivity contribution is -0.143. The van der Waals surface area contributed by atoms with Crippen molar-refractivity contribution in [3.8, 4) is 0 Å². The van der Waals surface area contributed by atoms with Crippen LogP contribution in [0.1, 0.15) is 25.8 Å². The first-order valence-electron chi connectivity index (χ1n) is 5.50. The largest absolute Gasteiger partial charge is 0.459 e. The second kappa shape index (κ2) is 6.11. The summed E-state index contributed by atoms with van der Waals surface area (Å²) in [6.07, 6.45) is 1.69. The van der Waals surface area contributed by atoms with Gasteiger partial charge in [0.25, 0.3) is 0 Å². The Labute approximate surface area is 96.9 Å². The van der Waals surface area contributed by atoms with Crippen molar-refractivity contribution in [3.63, 3.8) is 0 Å². The molecule has 0 N–H and O–H groups in total. The van der Waals surface area contributed by atoms with Crippen LogP contribution in [0.25, 0.3) is 0 Å². The molecule has 0 bridgehead atoms. The highest BCUT2D eigenvalue weighted by Gasteiger charge is 2.09. The monoisotopic (exact) mass is 218 g/mol. The van der Waals surface area contributed by atoms with Gasteiger partial charge in [-0.15, -0.1) is 0 Å². The normalized spacial score (nSPS) is 11.9. The maximum Gasteiger partial charge on any atom is 0.333 e. The van der Waals surface area contributed by atoms with Crippen LogP contribution >= 0.6 is 0 Å². The molecule has 0 radical (unpaired) electrons. The van der Waals surface area contributed by atoms with Gasteiger partial charge in [0.05, 0.1) is 6.10 Å². The standard InChI is InChI=1S/C14H18O2/c1-11(2)14(15)16-12(3)9-10-13-7-5-4-6-8-13/h4-8,12H,1,9-10H2,2-3H3. The van der Waals surface area contributed by atoms with Crippen molar-refractivity contribution in [3.05, 3.63) is 48.0 Å². The van der Waals surface area contributed by atoms with Crippen LogP contribution in [-0.2, 0) is 16.0 Å². The van der Waals surface area contributed by atoms with Gasteiger partial charge in [-0.2, -0.15) is 0 Å². The van der Waals surface area contributed by atoms with Crippen molar-refractivity contribution in [2.45, 2.75) is 32.8 Å². The van der Waals surface area contributed by atoms with Gasteiger partial charge in [-0.3, -0.25) is 0 Å². The molecule has 0 amide bonds. The number of rotatable bonds is 5. The van der Waals surface area contributed by atoms with E-state index in [4.69, 9.17) is 4.74 Å². The number of ether oxygens (including phenoxy) is 1. The number of aryl methyl sites for hydroxylation is 1. The molecule has 1 rings (SSSR count). The molecule has 1 unspecified atom stereocenters. The van der Waals surface area contributed by atoms with Crippen LogP contribution < -0.4 is 0 Å². The zero-order chi connectivity index (χ0) is 12.0. The van der Waals surface area contributed by atoms with Gasteiger partial charge in [0, 0.05) is 5.57 Å². The van der Waals surface area contributed by atoms with Crippen LogP contribution in [0.5, 0.6) is 0 Å². The topological polar surface area (TPSA) is 26.3 Å². The summed E-state index contributed by atoms with van der Waals surface area (Å²) in [6.45, 7) is 7.12. The molecule has 0 aliphatic rings. The molecule has 1 aromatic carbocycles. The summed E-state index contributed by atoms with van der Waals surface area (Å²) in [7, 11) is 0. The van der Waals surface area contributed by atoms with Crippen LogP contribution in [0.4, 0.5) is 0 Å². The van der Waals surface area contributed by atoms with Gasteiger partial charge in [0.2, 0.25) is 0 Å². The fourth-order valence-electron chi connectivity index (χ4n) is 1.36. The van der Waals surface area contributed by atoms with Crippen LogP contribution in [-0.4, -0.2) is 12.1 Å². The van der Waals surface area contributed by atoms with Crippen molar-refractivity contribution in [2.24, 2.45) is 0 Å². The Balaban J connectivity index is 2.33. The molecule has 0 saturated heterocycles. The SMILES string of the molecule is C=C(C)C(=O)OC(C)CCc1ccccc1. The highest BCUT2D eigenvalue weighted by Crippen LogP contribution is 2.08. The summed E-state index contributed by atoms with van der Waals surface area (Å²) in [5.41, 5.74) is 1.72. The quantitative estimate of drug-likeness (QED) is 0.560. The Morgan fingerprint density at radius 1 is 1.38 bits per heavy atom. The average molecular weight is 218 g/mol. The zero-order valence-electron chi connectivity index (χ0n) is 9.90. The van der Waals surface area contributed by atoms with Gasteiger partial charge >= 0.3 is 5.97 Å². The van der Waals surface area contributed by atoms with Gasteiger partial charge in [-0.05, 0) is 32.3 Å². The first-order chi connectivity index (χ1) is 7.59. The Morgan fingerprint density at radius 3 is 2.56 bits per heavy atom. The highest BCUT2D eigenvalue weighted by molar-refractivity contribution is 5.87. The Morgan fingerprint density at radius 2 is 2.00 bits per heavy atom. The van der Waals surface area contributed by atoms with E-state index in [9.17, 15) is 4.79 Å². The average Bonchev–Trinajstić information content (AvgIpc) is 2.27. The number of carbonyl (C=O) groups is 1. The molecule has 0 aliphatic heterocycles. The van der Waals surface area contributed by atoms with Gasteiger partial charge in [-0.25, -0.2) is 4.79 Å². The van der Waals surface area contributed by atoms with Crippen molar-refractivity contribution >= 4 is 5.97 Å². The molecule has 0 spiro atoms. The van der Waals surface area contributed by atoms with Gasteiger partial charge < -0.3 is 4.74 Å². The minimum absolute atomic E-state index is 0.0654. The molecular formula is C14H18O2. The maximum absolute atomic E-state index is 11.2. The summed E-state index contributed by atoms with van der Waals surface area (Å²) in [6, 6.07) is 10.2. The van der Waals surface area contributed by atoms with E-state index in [0.29, 0.717) is 5.57 Å². The molecular weight excluding hydrogens is 200 g/mol. The number of hydrogen-bond donors (Lipinski definition) is 0. The minimum Gasteiger partial charge on any atom is -0.459 e. The minimum atomic E-state index is -0.305. The van der Waals surface area contributed by atoms with E-state index in [1.54, 1.807) is 6.92 Å². The van der Waals surface area contributed by atoms with Crippen LogP contribution in [0, 0.1) is 0 Å². The van der Waals surface area contributed by atoms with Crippen molar-refractivity contribution in [2.75, 3.05) is 0 Å². The molecule has 0 aromatic heterocycles. The number of benzene rings is 1. The maximum atomic E-state index is 11.2. The third-order valence-corrected chi connectivity index (χ3v) is 2.34. The number of hydrogen-bond acceptors (Lipinski definition) is 2. The van der Waals surface area contributed by atoms with Gasteiger partial charge in [-0.1, -0.05) is 36.9 Å². The van der Waals surface area contributed by atoms with Crippen molar-refractivity contribution in [1.82, 2.24) is 0 Å². The molecule has 0 fully saturated rings. The molecule has 86 valence electrons. The first kappa shape index (κ1) is 12.5. The molecule has 0 aliphatic carbocycles. The summed E-state index contributed by atoms with van der Waals surface area (Å²) in [5, 5.41) is 0. The summed E-state index contributed by atoms with van der Waals surface area (Å²) in [4.78, 5) is 11.2. The van der Waals surface area contributed by atoms with E-state index in [0.717, 1.165) is 12.8 Å².